The first kappa shape index (κ1) is 15.1. The molecule has 118 valence electrons. The average Bonchev–Trinajstić information content (AvgIpc) is 3.04. The lowest BCUT2D eigenvalue weighted by atomic mass is 10.1. The molecule has 5 heteroatoms. The SMILES string of the molecule is COc1ccccc1-c1nnc(CNc2ccc(C)c(C)c2)o1. The maximum atomic E-state index is 5.72. The topological polar surface area (TPSA) is 60.2 Å². The van der Waals surface area contributed by atoms with Crippen molar-refractivity contribution in [2.75, 3.05) is 12.4 Å². The van der Waals surface area contributed by atoms with Crippen LogP contribution in [0.25, 0.3) is 11.5 Å². The van der Waals surface area contributed by atoms with Crippen molar-refractivity contribution in [3.05, 3.63) is 59.5 Å². The first-order valence-corrected chi connectivity index (χ1v) is 7.44. The number of rotatable bonds is 5. The second kappa shape index (κ2) is 6.52. The third-order valence-electron chi connectivity index (χ3n) is 3.75. The lowest BCUT2D eigenvalue weighted by Crippen LogP contribution is -2.00. The molecular weight excluding hydrogens is 290 g/mol. The number of benzene rings is 2. The Bertz CT molecular complexity index is 812. The number of anilines is 1. The molecule has 3 aromatic rings. The largest absolute Gasteiger partial charge is 0.496 e. The van der Waals surface area contributed by atoms with Gasteiger partial charge in [-0.1, -0.05) is 18.2 Å². The van der Waals surface area contributed by atoms with Crippen LogP contribution in [0, 0.1) is 13.8 Å². The van der Waals surface area contributed by atoms with Crippen LogP contribution in [0.3, 0.4) is 0 Å². The fourth-order valence-corrected chi connectivity index (χ4v) is 2.28. The average molecular weight is 309 g/mol. The van der Waals surface area contributed by atoms with Crippen molar-refractivity contribution in [3.8, 4) is 17.2 Å². The summed E-state index contributed by atoms with van der Waals surface area (Å²) in [4.78, 5) is 0. The first-order valence-electron chi connectivity index (χ1n) is 7.44. The number of methoxy groups -OCH3 is 1. The highest BCUT2D eigenvalue weighted by molar-refractivity contribution is 5.62. The van der Waals surface area contributed by atoms with Gasteiger partial charge in [-0.25, -0.2) is 0 Å². The van der Waals surface area contributed by atoms with E-state index in [0.29, 0.717) is 24.1 Å². The van der Waals surface area contributed by atoms with E-state index in [4.69, 9.17) is 9.15 Å². The second-order valence-electron chi connectivity index (χ2n) is 5.35. The third kappa shape index (κ3) is 3.34. The molecule has 2 aromatic carbocycles. The predicted octanol–water partition coefficient (Wildman–Crippen LogP) is 3.97. The van der Waals surface area contributed by atoms with Crippen LogP contribution in [0.15, 0.2) is 46.9 Å². The van der Waals surface area contributed by atoms with Gasteiger partial charge in [0.1, 0.15) is 5.75 Å². The van der Waals surface area contributed by atoms with Crippen molar-refractivity contribution in [1.82, 2.24) is 10.2 Å². The van der Waals surface area contributed by atoms with E-state index < -0.39 is 0 Å². The summed E-state index contributed by atoms with van der Waals surface area (Å²) in [5.74, 6) is 1.70. The van der Waals surface area contributed by atoms with Gasteiger partial charge in [-0.15, -0.1) is 10.2 Å². The Labute approximate surface area is 135 Å². The fraction of sp³-hybridized carbons (Fsp3) is 0.222. The molecule has 0 radical (unpaired) electrons. The van der Waals surface area contributed by atoms with Gasteiger partial charge >= 0.3 is 0 Å². The summed E-state index contributed by atoms with van der Waals surface area (Å²) < 4.78 is 11.0. The van der Waals surface area contributed by atoms with Crippen molar-refractivity contribution in [2.45, 2.75) is 20.4 Å². The molecule has 3 rings (SSSR count). The van der Waals surface area contributed by atoms with E-state index in [2.05, 4.69) is 41.5 Å². The lowest BCUT2D eigenvalue weighted by molar-refractivity contribution is 0.413. The monoisotopic (exact) mass is 309 g/mol. The number of para-hydroxylation sites is 1. The minimum Gasteiger partial charge on any atom is -0.496 e. The molecule has 0 unspecified atom stereocenters. The zero-order valence-corrected chi connectivity index (χ0v) is 13.5. The van der Waals surface area contributed by atoms with E-state index in [1.807, 2.05) is 30.3 Å². The molecule has 0 saturated heterocycles. The molecule has 23 heavy (non-hydrogen) atoms. The van der Waals surface area contributed by atoms with Crippen LogP contribution in [0.4, 0.5) is 5.69 Å². The van der Waals surface area contributed by atoms with Gasteiger partial charge in [-0.3, -0.25) is 0 Å². The Kier molecular flexibility index (Phi) is 4.28. The Balaban J connectivity index is 1.73. The molecule has 0 atom stereocenters. The maximum Gasteiger partial charge on any atom is 0.251 e. The summed E-state index contributed by atoms with van der Waals surface area (Å²) in [5.41, 5.74) is 4.34. The molecule has 0 aliphatic carbocycles. The Morgan fingerprint density at radius 3 is 2.65 bits per heavy atom. The molecule has 1 aromatic heterocycles. The maximum absolute atomic E-state index is 5.72. The second-order valence-corrected chi connectivity index (χ2v) is 5.35. The minimum absolute atomic E-state index is 0.458. The molecule has 5 nitrogen and oxygen atoms in total. The smallest absolute Gasteiger partial charge is 0.251 e. The fourth-order valence-electron chi connectivity index (χ4n) is 2.28. The van der Waals surface area contributed by atoms with E-state index in [1.165, 1.54) is 11.1 Å². The molecular formula is C18H19N3O2. The molecule has 0 aliphatic rings. The molecule has 0 aliphatic heterocycles. The molecule has 0 amide bonds. The molecule has 0 saturated carbocycles. The van der Waals surface area contributed by atoms with Gasteiger partial charge in [-0.2, -0.15) is 0 Å². The van der Waals surface area contributed by atoms with Crippen LogP contribution in [0.5, 0.6) is 5.75 Å². The van der Waals surface area contributed by atoms with Crippen LogP contribution in [-0.2, 0) is 6.54 Å². The van der Waals surface area contributed by atoms with Gasteiger partial charge in [0.2, 0.25) is 5.89 Å². The van der Waals surface area contributed by atoms with Crippen LogP contribution >= 0.6 is 0 Å². The number of hydrogen-bond donors (Lipinski definition) is 1. The summed E-state index contributed by atoms with van der Waals surface area (Å²) in [6.07, 6.45) is 0. The van der Waals surface area contributed by atoms with Crippen LogP contribution in [0.2, 0.25) is 0 Å². The minimum atomic E-state index is 0.458. The van der Waals surface area contributed by atoms with E-state index in [-0.39, 0.29) is 0 Å². The van der Waals surface area contributed by atoms with Crippen LogP contribution in [-0.4, -0.2) is 17.3 Å². The summed E-state index contributed by atoms with van der Waals surface area (Å²) in [7, 11) is 1.62. The van der Waals surface area contributed by atoms with Crippen LogP contribution < -0.4 is 10.1 Å². The van der Waals surface area contributed by atoms with Gasteiger partial charge in [-0.05, 0) is 49.2 Å². The molecule has 0 spiro atoms. The van der Waals surface area contributed by atoms with Gasteiger partial charge in [0.25, 0.3) is 5.89 Å². The van der Waals surface area contributed by atoms with Crippen molar-refractivity contribution >= 4 is 5.69 Å². The highest BCUT2D eigenvalue weighted by atomic mass is 16.5. The zero-order chi connectivity index (χ0) is 16.2. The number of nitrogens with one attached hydrogen (secondary N) is 1. The Morgan fingerprint density at radius 2 is 1.87 bits per heavy atom. The van der Waals surface area contributed by atoms with Crippen molar-refractivity contribution in [3.63, 3.8) is 0 Å². The van der Waals surface area contributed by atoms with Gasteiger partial charge < -0.3 is 14.5 Å². The standard InChI is InChI=1S/C18H19N3O2/c1-12-8-9-14(10-13(12)2)19-11-17-20-21-18(23-17)15-6-4-5-7-16(15)22-3/h4-10,19H,11H2,1-3H3. The number of hydrogen-bond acceptors (Lipinski definition) is 5. The predicted molar refractivity (Wildman–Crippen MR) is 89.5 cm³/mol. The lowest BCUT2D eigenvalue weighted by Gasteiger charge is -2.06. The van der Waals surface area contributed by atoms with Crippen molar-refractivity contribution < 1.29 is 9.15 Å². The van der Waals surface area contributed by atoms with E-state index in [1.54, 1.807) is 7.11 Å². The number of nitrogens with zero attached hydrogens (tertiary/aromatic N) is 2. The summed E-state index contributed by atoms with van der Waals surface area (Å²) in [6.45, 7) is 4.66. The molecule has 1 N–H and O–H groups in total. The van der Waals surface area contributed by atoms with Crippen LogP contribution in [0.1, 0.15) is 17.0 Å². The highest BCUT2D eigenvalue weighted by Gasteiger charge is 2.12. The van der Waals surface area contributed by atoms with E-state index in [9.17, 15) is 0 Å². The number of aryl methyl sites for hydroxylation is 2. The zero-order valence-electron chi connectivity index (χ0n) is 13.5. The number of aromatic nitrogens is 2. The highest BCUT2D eigenvalue weighted by Crippen LogP contribution is 2.28. The quantitative estimate of drug-likeness (QED) is 0.772. The van der Waals surface area contributed by atoms with Gasteiger partial charge in [0, 0.05) is 5.69 Å². The first-order chi connectivity index (χ1) is 11.2. The summed E-state index contributed by atoms with van der Waals surface area (Å²) in [5, 5.41) is 11.5. The summed E-state index contributed by atoms with van der Waals surface area (Å²) in [6, 6.07) is 13.8. The van der Waals surface area contributed by atoms with Crippen molar-refractivity contribution in [2.24, 2.45) is 0 Å². The molecule has 0 bridgehead atoms. The number of ether oxygens (including phenoxy) is 1. The van der Waals surface area contributed by atoms with Gasteiger partial charge in [0.05, 0.1) is 19.2 Å². The van der Waals surface area contributed by atoms with Crippen molar-refractivity contribution in [1.29, 1.82) is 0 Å². The molecule has 1 heterocycles. The van der Waals surface area contributed by atoms with E-state index in [0.717, 1.165) is 11.3 Å². The third-order valence-corrected chi connectivity index (χ3v) is 3.75. The Morgan fingerprint density at radius 1 is 1.04 bits per heavy atom. The van der Waals surface area contributed by atoms with E-state index >= 15 is 0 Å². The Hall–Kier alpha value is -2.82. The normalized spacial score (nSPS) is 10.6. The van der Waals surface area contributed by atoms with Gasteiger partial charge in [0.15, 0.2) is 0 Å². The summed E-state index contributed by atoms with van der Waals surface area (Å²) >= 11 is 0. The molecule has 0 fully saturated rings.